The average molecular weight is 469 g/mol. The summed E-state index contributed by atoms with van der Waals surface area (Å²) in [5.74, 6) is 0.306. The van der Waals surface area contributed by atoms with Crippen molar-refractivity contribution in [2.45, 2.75) is 13.3 Å². The zero-order valence-corrected chi connectivity index (χ0v) is 17.6. The summed E-state index contributed by atoms with van der Waals surface area (Å²) in [6, 6.07) is 12.0. The Balaban J connectivity index is 1.81. The fourth-order valence-electron chi connectivity index (χ4n) is 2.11. The van der Waals surface area contributed by atoms with Crippen LogP contribution in [0.1, 0.15) is 13.3 Å². The molecule has 0 bridgehead atoms. The first kappa shape index (κ1) is 21.7. The van der Waals surface area contributed by atoms with E-state index in [1.165, 1.54) is 7.11 Å². The first-order valence-electron chi connectivity index (χ1n) is 8.21. The molecule has 0 heterocycles. The van der Waals surface area contributed by atoms with Crippen molar-refractivity contribution in [1.29, 1.82) is 0 Å². The van der Waals surface area contributed by atoms with Gasteiger partial charge in [-0.15, -0.1) is 0 Å². The Hall–Kier alpha value is -2.58. The molecule has 0 spiro atoms. The number of hydrazone groups is 1. The van der Waals surface area contributed by atoms with Crippen molar-refractivity contribution in [3.05, 3.63) is 52.0 Å². The predicted octanol–water partition coefficient (Wildman–Crippen LogP) is 4.01. The summed E-state index contributed by atoms with van der Waals surface area (Å²) >= 11 is 9.26. The lowest BCUT2D eigenvalue weighted by Crippen LogP contribution is -2.26. The van der Waals surface area contributed by atoms with E-state index in [9.17, 15) is 9.59 Å². The zero-order valence-electron chi connectivity index (χ0n) is 15.3. The molecule has 0 aliphatic rings. The monoisotopic (exact) mass is 467 g/mol. The summed E-state index contributed by atoms with van der Waals surface area (Å²) in [5.41, 5.74) is 3.24. The maximum atomic E-state index is 12.2. The lowest BCUT2D eigenvalue weighted by molar-refractivity contribution is -0.123. The molecule has 2 aromatic rings. The van der Waals surface area contributed by atoms with Gasteiger partial charge in [-0.3, -0.25) is 9.59 Å². The van der Waals surface area contributed by atoms with Crippen molar-refractivity contribution < 1.29 is 19.1 Å². The Labute approximate surface area is 176 Å². The van der Waals surface area contributed by atoms with Gasteiger partial charge in [0.25, 0.3) is 5.91 Å². The normalized spacial score (nSPS) is 10.9. The van der Waals surface area contributed by atoms with Gasteiger partial charge in [0.2, 0.25) is 5.91 Å². The van der Waals surface area contributed by atoms with Gasteiger partial charge in [-0.2, -0.15) is 5.10 Å². The first-order valence-corrected chi connectivity index (χ1v) is 9.38. The van der Waals surface area contributed by atoms with Crippen molar-refractivity contribution in [2.24, 2.45) is 5.10 Å². The van der Waals surface area contributed by atoms with E-state index in [-0.39, 0.29) is 18.9 Å². The highest BCUT2D eigenvalue weighted by molar-refractivity contribution is 9.10. The lowest BCUT2D eigenvalue weighted by Gasteiger charge is -2.10. The highest BCUT2D eigenvalue weighted by Crippen LogP contribution is 2.27. The lowest BCUT2D eigenvalue weighted by atomic mass is 10.2. The summed E-state index contributed by atoms with van der Waals surface area (Å²) < 4.78 is 11.4. The van der Waals surface area contributed by atoms with Gasteiger partial charge in [-0.05, 0) is 49.4 Å². The molecule has 28 heavy (non-hydrogen) atoms. The van der Waals surface area contributed by atoms with E-state index in [0.29, 0.717) is 27.9 Å². The SMILES string of the molecule is COc1ccc(Cl)cc1NC(=O)CC(C)=NNC(=O)COc1ccc(Br)cc1. The quantitative estimate of drug-likeness (QED) is 0.452. The Bertz CT molecular complexity index is 872. The van der Waals surface area contributed by atoms with Crippen molar-refractivity contribution >= 4 is 50.7 Å². The molecule has 0 fully saturated rings. The van der Waals surface area contributed by atoms with E-state index >= 15 is 0 Å². The van der Waals surface area contributed by atoms with Gasteiger partial charge in [-0.25, -0.2) is 5.43 Å². The molecule has 148 valence electrons. The largest absolute Gasteiger partial charge is 0.495 e. The molecule has 0 unspecified atom stereocenters. The van der Waals surface area contributed by atoms with Gasteiger partial charge in [0.1, 0.15) is 11.5 Å². The van der Waals surface area contributed by atoms with Crippen LogP contribution in [0.15, 0.2) is 52.0 Å². The van der Waals surface area contributed by atoms with Crippen LogP contribution in [0.25, 0.3) is 0 Å². The van der Waals surface area contributed by atoms with E-state index in [1.807, 2.05) is 12.1 Å². The van der Waals surface area contributed by atoms with Crippen molar-refractivity contribution in [3.63, 3.8) is 0 Å². The number of nitrogens with one attached hydrogen (secondary N) is 2. The van der Waals surface area contributed by atoms with E-state index in [0.717, 1.165) is 4.47 Å². The number of nitrogens with zero attached hydrogens (tertiary/aromatic N) is 1. The Morgan fingerprint density at radius 1 is 1.14 bits per heavy atom. The molecule has 0 aromatic heterocycles. The summed E-state index contributed by atoms with van der Waals surface area (Å²) in [7, 11) is 1.50. The molecule has 0 saturated heterocycles. The Morgan fingerprint density at radius 2 is 1.86 bits per heavy atom. The zero-order chi connectivity index (χ0) is 20.5. The molecule has 9 heteroatoms. The average Bonchev–Trinajstić information content (AvgIpc) is 2.66. The highest BCUT2D eigenvalue weighted by atomic mass is 79.9. The second-order valence-electron chi connectivity index (χ2n) is 5.69. The minimum Gasteiger partial charge on any atom is -0.495 e. The van der Waals surface area contributed by atoms with Crippen LogP contribution in [0.5, 0.6) is 11.5 Å². The van der Waals surface area contributed by atoms with Crippen molar-refractivity contribution in [2.75, 3.05) is 19.0 Å². The minimum absolute atomic E-state index is 0.0104. The van der Waals surface area contributed by atoms with Crippen LogP contribution in [-0.2, 0) is 9.59 Å². The van der Waals surface area contributed by atoms with Crippen LogP contribution in [0.3, 0.4) is 0 Å². The van der Waals surface area contributed by atoms with Crippen LogP contribution in [0, 0.1) is 0 Å². The van der Waals surface area contributed by atoms with Gasteiger partial charge in [0.15, 0.2) is 6.61 Å². The third kappa shape index (κ3) is 7.21. The number of ether oxygens (including phenoxy) is 2. The van der Waals surface area contributed by atoms with Crippen LogP contribution in [0.4, 0.5) is 5.69 Å². The van der Waals surface area contributed by atoms with Crippen molar-refractivity contribution in [3.8, 4) is 11.5 Å². The first-order chi connectivity index (χ1) is 13.4. The summed E-state index contributed by atoms with van der Waals surface area (Å²) in [4.78, 5) is 24.0. The maximum Gasteiger partial charge on any atom is 0.277 e. The van der Waals surface area contributed by atoms with Crippen molar-refractivity contribution in [1.82, 2.24) is 5.43 Å². The van der Waals surface area contributed by atoms with Gasteiger partial charge in [0, 0.05) is 15.2 Å². The predicted molar refractivity (Wildman–Crippen MR) is 112 cm³/mol. The summed E-state index contributed by atoms with van der Waals surface area (Å²) in [6.07, 6.45) is -0.0104. The number of carbonyl (C=O) groups excluding carboxylic acids is 2. The maximum absolute atomic E-state index is 12.2. The second kappa shape index (κ2) is 10.7. The fourth-order valence-corrected chi connectivity index (χ4v) is 2.55. The van der Waals surface area contributed by atoms with Gasteiger partial charge in [-0.1, -0.05) is 27.5 Å². The molecule has 2 N–H and O–H groups in total. The number of benzene rings is 2. The number of hydrogen-bond donors (Lipinski definition) is 2. The molecular weight excluding hydrogens is 450 g/mol. The van der Waals surface area contributed by atoms with Crippen LogP contribution < -0.4 is 20.2 Å². The number of hydrogen-bond acceptors (Lipinski definition) is 5. The second-order valence-corrected chi connectivity index (χ2v) is 7.05. The number of rotatable bonds is 8. The molecule has 0 aliphatic heterocycles. The molecule has 2 aromatic carbocycles. The Morgan fingerprint density at radius 3 is 2.54 bits per heavy atom. The van der Waals surface area contributed by atoms with Crippen LogP contribution >= 0.6 is 27.5 Å². The standard InChI is InChI=1S/C19H19BrClN3O4/c1-12(9-18(25)22-16-10-14(21)5-8-17(16)27-2)23-24-19(26)11-28-15-6-3-13(20)4-7-15/h3-8,10H,9,11H2,1-2H3,(H,22,25)(H,24,26). The van der Waals surface area contributed by atoms with E-state index in [4.69, 9.17) is 21.1 Å². The molecule has 0 radical (unpaired) electrons. The molecular formula is C19H19BrClN3O4. The molecule has 0 atom stereocenters. The summed E-state index contributed by atoms with van der Waals surface area (Å²) in [6.45, 7) is 1.44. The number of halogens is 2. The highest BCUT2D eigenvalue weighted by Gasteiger charge is 2.10. The van der Waals surface area contributed by atoms with Gasteiger partial charge in [0.05, 0.1) is 19.2 Å². The molecule has 2 rings (SSSR count). The number of methoxy groups -OCH3 is 1. The third-order valence-electron chi connectivity index (χ3n) is 3.41. The van der Waals surface area contributed by atoms with E-state index < -0.39 is 5.91 Å². The van der Waals surface area contributed by atoms with E-state index in [2.05, 4.69) is 31.8 Å². The van der Waals surface area contributed by atoms with Gasteiger partial charge < -0.3 is 14.8 Å². The molecule has 7 nitrogen and oxygen atoms in total. The topological polar surface area (TPSA) is 89.0 Å². The molecule has 0 saturated carbocycles. The van der Waals surface area contributed by atoms with E-state index in [1.54, 1.807) is 37.3 Å². The van der Waals surface area contributed by atoms with Crippen LogP contribution in [0.2, 0.25) is 5.02 Å². The van der Waals surface area contributed by atoms with Crippen LogP contribution in [-0.4, -0.2) is 31.2 Å². The minimum atomic E-state index is -0.431. The smallest absolute Gasteiger partial charge is 0.277 e. The Kier molecular flexibility index (Phi) is 8.28. The number of anilines is 1. The number of carbonyl (C=O) groups is 2. The number of amides is 2. The molecule has 0 aliphatic carbocycles. The summed E-state index contributed by atoms with van der Waals surface area (Å²) in [5, 5.41) is 7.08. The molecule has 2 amide bonds. The third-order valence-corrected chi connectivity index (χ3v) is 4.17. The van der Waals surface area contributed by atoms with Gasteiger partial charge >= 0.3 is 0 Å². The fraction of sp³-hybridized carbons (Fsp3) is 0.211.